The third-order valence-corrected chi connectivity index (χ3v) is 2.66. The summed E-state index contributed by atoms with van der Waals surface area (Å²) in [6, 6.07) is 0. The van der Waals surface area contributed by atoms with Gasteiger partial charge < -0.3 is 10.4 Å². The zero-order chi connectivity index (χ0) is 13.1. The van der Waals surface area contributed by atoms with E-state index in [1.54, 1.807) is 0 Å². The lowest BCUT2D eigenvalue weighted by Gasteiger charge is -2.27. The highest BCUT2D eigenvalue weighted by Gasteiger charge is 2.26. The second-order valence-electron chi connectivity index (χ2n) is 4.78. The summed E-state index contributed by atoms with van der Waals surface area (Å²) in [7, 11) is 1.54. The molecule has 0 bridgehead atoms. The fraction of sp³-hybridized carbons (Fsp3) is 0.727. The lowest BCUT2D eigenvalue weighted by atomic mass is 10.0. The first-order valence-corrected chi connectivity index (χ1v) is 5.63. The van der Waals surface area contributed by atoms with Crippen molar-refractivity contribution in [2.24, 2.45) is 5.10 Å². The molecule has 0 unspecified atom stereocenters. The number of carbonyl (C=O) groups excluding carboxylic acids is 2. The van der Waals surface area contributed by atoms with Gasteiger partial charge in [-0.2, -0.15) is 5.10 Å². The van der Waals surface area contributed by atoms with Crippen LogP contribution in [0.1, 0.15) is 33.1 Å². The Morgan fingerprint density at radius 2 is 2.18 bits per heavy atom. The first kappa shape index (κ1) is 13.6. The number of hydrogen-bond acceptors (Lipinski definition) is 4. The molecule has 1 aliphatic rings. The van der Waals surface area contributed by atoms with Crippen LogP contribution in [0.25, 0.3) is 0 Å². The molecule has 96 valence electrons. The molecule has 6 nitrogen and oxygen atoms in total. The van der Waals surface area contributed by atoms with E-state index in [0.717, 1.165) is 0 Å². The van der Waals surface area contributed by atoms with Gasteiger partial charge in [0, 0.05) is 32.0 Å². The highest BCUT2D eigenvalue weighted by molar-refractivity contribution is 6.39. The third-order valence-electron chi connectivity index (χ3n) is 2.66. The largest absolute Gasteiger partial charge is 0.396 e. The van der Waals surface area contributed by atoms with Gasteiger partial charge in [-0.25, -0.2) is 5.01 Å². The van der Waals surface area contributed by atoms with E-state index in [1.807, 2.05) is 13.8 Å². The fourth-order valence-corrected chi connectivity index (χ4v) is 1.55. The Balaban J connectivity index is 2.65. The number of aliphatic hydroxyl groups excluding tert-OH is 1. The van der Waals surface area contributed by atoms with E-state index in [9.17, 15) is 9.59 Å². The summed E-state index contributed by atoms with van der Waals surface area (Å²) in [6.45, 7) is 3.68. The van der Waals surface area contributed by atoms with Crippen molar-refractivity contribution in [1.29, 1.82) is 0 Å². The van der Waals surface area contributed by atoms with Crippen molar-refractivity contribution in [3.05, 3.63) is 0 Å². The minimum atomic E-state index is -0.478. The Kier molecular flexibility index (Phi) is 4.22. The molecule has 1 rings (SSSR count). The minimum Gasteiger partial charge on any atom is -0.396 e. The van der Waals surface area contributed by atoms with Gasteiger partial charge in [0.25, 0.3) is 5.91 Å². The maximum atomic E-state index is 11.9. The lowest BCUT2D eigenvalue weighted by Crippen LogP contribution is -2.48. The molecular weight excluding hydrogens is 222 g/mol. The van der Waals surface area contributed by atoms with Crippen LogP contribution in [0.2, 0.25) is 0 Å². The predicted octanol–water partition coefficient (Wildman–Crippen LogP) is -0.128. The molecule has 1 aliphatic heterocycles. The molecule has 1 heterocycles. The van der Waals surface area contributed by atoms with Gasteiger partial charge in [-0.3, -0.25) is 9.59 Å². The van der Waals surface area contributed by atoms with Gasteiger partial charge in [-0.15, -0.1) is 0 Å². The van der Waals surface area contributed by atoms with Crippen LogP contribution in [-0.4, -0.2) is 46.8 Å². The Hall–Kier alpha value is -1.43. The van der Waals surface area contributed by atoms with Gasteiger partial charge in [-0.05, 0) is 20.3 Å². The number of amides is 2. The number of nitrogens with zero attached hydrogens (tertiary/aromatic N) is 2. The first-order chi connectivity index (χ1) is 7.85. The lowest BCUT2D eigenvalue weighted by molar-refractivity contribution is -0.130. The van der Waals surface area contributed by atoms with Gasteiger partial charge in [0.2, 0.25) is 5.91 Å². The number of nitrogens with one attached hydrogen (secondary N) is 1. The molecule has 0 radical (unpaired) electrons. The van der Waals surface area contributed by atoms with Gasteiger partial charge in [0.1, 0.15) is 5.71 Å². The molecule has 0 saturated carbocycles. The second kappa shape index (κ2) is 5.27. The molecule has 2 N–H and O–H groups in total. The molecule has 0 atom stereocenters. The minimum absolute atomic E-state index is 0.0120. The number of hydrogen-bond donors (Lipinski definition) is 2. The molecular formula is C11H19N3O3. The van der Waals surface area contributed by atoms with Crippen LogP contribution < -0.4 is 5.32 Å². The summed E-state index contributed by atoms with van der Waals surface area (Å²) in [6.07, 6.45) is 1.15. The predicted molar refractivity (Wildman–Crippen MR) is 63.4 cm³/mol. The summed E-state index contributed by atoms with van der Waals surface area (Å²) in [5.41, 5.74) is -0.118. The van der Waals surface area contributed by atoms with E-state index < -0.39 is 5.54 Å². The molecule has 6 heteroatoms. The van der Waals surface area contributed by atoms with E-state index in [-0.39, 0.29) is 18.4 Å². The number of hydrazone groups is 1. The van der Waals surface area contributed by atoms with Crippen LogP contribution in [0.3, 0.4) is 0 Å². The van der Waals surface area contributed by atoms with E-state index in [1.165, 1.54) is 12.1 Å². The van der Waals surface area contributed by atoms with E-state index in [4.69, 9.17) is 5.11 Å². The summed E-state index contributed by atoms with van der Waals surface area (Å²) >= 11 is 0. The van der Waals surface area contributed by atoms with Crippen molar-refractivity contribution < 1.29 is 14.7 Å². The number of carbonyl (C=O) groups is 2. The topological polar surface area (TPSA) is 82.0 Å². The van der Waals surface area contributed by atoms with Crippen molar-refractivity contribution in [3.63, 3.8) is 0 Å². The standard InChI is InChI=1S/C11H19N3O3/c1-11(2,6-7-15)12-10(17)8-4-5-9(16)14(3)13-8/h15H,4-7H2,1-3H3,(H,12,17). The summed E-state index contributed by atoms with van der Waals surface area (Å²) in [5.74, 6) is -0.362. The molecule has 2 amide bonds. The van der Waals surface area contributed by atoms with Crippen LogP contribution in [0, 0.1) is 0 Å². The fourth-order valence-electron chi connectivity index (χ4n) is 1.55. The first-order valence-electron chi connectivity index (χ1n) is 5.63. The number of aliphatic hydroxyl groups is 1. The van der Waals surface area contributed by atoms with Crippen molar-refractivity contribution in [1.82, 2.24) is 10.3 Å². The highest BCUT2D eigenvalue weighted by atomic mass is 16.3. The molecule has 0 spiro atoms. The summed E-state index contributed by atoms with van der Waals surface area (Å²) in [5, 5.41) is 16.8. The summed E-state index contributed by atoms with van der Waals surface area (Å²) in [4.78, 5) is 23.1. The maximum Gasteiger partial charge on any atom is 0.267 e. The quantitative estimate of drug-likeness (QED) is 0.719. The molecule has 0 aromatic rings. The van der Waals surface area contributed by atoms with E-state index in [0.29, 0.717) is 25.0 Å². The Morgan fingerprint density at radius 3 is 2.71 bits per heavy atom. The van der Waals surface area contributed by atoms with E-state index >= 15 is 0 Å². The second-order valence-corrected chi connectivity index (χ2v) is 4.78. The van der Waals surface area contributed by atoms with E-state index in [2.05, 4.69) is 10.4 Å². The Bertz CT molecular complexity index is 350. The molecule has 0 fully saturated rings. The molecule has 0 aromatic carbocycles. The zero-order valence-corrected chi connectivity index (χ0v) is 10.5. The average Bonchev–Trinajstić information content (AvgIpc) is 2.21. The molecule has 0 aliphatic carbocycles. The average molecular weight is 241 g/mol. The maximum absolute atomic E-state index is 11.9. The highest BCUT2D eigenvalue weighted by Crippen LogP contribution is 2.11. The van der Waals surface area contributed by atoms with Crippen molar-refractivity contribution in [2.75, 3.05) is 13.7 Å². The van der Waals surface area contributed by atoms with Crippen molar-refractivity contribution in [3.8, 4) is 0 Å². The third kappa shape index (κ3) is 3.81. The number of rotatable bonds is 4. The van der Waals surface area contributed by atoms with Crippen LogP contribution >= 0.6 is 0 Å². The van der Waals surface area contributed by atoms with Crippen LogP contribution in [0.15, 0.2) is 5.10 Å². The van der Waals surface area contributed by atoms with Crippen molar-refractivity contribution >= 4 is 17.5 Å². The molecule has 0 aromatic heterocycles. The summed E-state index contributed by atoms with van der Waals surface area (Å²) < 4.78 is 0. The monoisotopic (exact) mass is 241 g/mol. The molecule has 0 saturated heterocycles. The van der Waals surface area contributed by atoms with Crippen molar-refractivity contribution in [2.45, 2.75) is 38.6 Å². The van der Waals surface area contributed by atoms with Crippen LogP contribution in [0.4, 0.5) is 0 Å². The Labute approximate surface area is 101 Å². The van der Waals surface area contributed by atoms with Crippen LogP contribution in [-0.2, 0) is 9.59 Å². The van der Waals surface area contributed by atoms with Crippen LogP contribution in [0.5, 0.6) is 0 Å². The van der Waals surface area contributed by atoms with Gasteiger partial charge in [0.05, 0.1) is 0 Å². The van der Waals surface area contributed by atoms with Gasteiger partial charge in [0.15, 0.2) is 0 Å². The SMILES string of the molecule is CN1N=C(C(=O)NC(C)(C)CCO)CCC1=O. The zero-order valence-electron chi connectivity index (χ0n) is 10.5. The van der Waals surface area contributed by atoms with Gasteiger partial charge >= 0.3 is 0 Å². The van der Waals surface area contributed by atoms with Gasteiger partial charge in [-0.1, -0.05) is 0 Å². The normalized spacial score (nSPS) is 16.8. The Morgan fingerprint density at radius 1 is 1.53 bits per heavy atom. The smallest absolute Gasteiger partial charge is 0.267 e. The molecule has 17 heavy (non-hydrogen) atoms.